The second-order valence-electron chi connectivity index (χ2n) is 7.15. The summed E-state index contributed by atoms with van der Waals surface area (Å²) in [4.78, 5) is 14.7. The lowest BCUT2D eigenvalue weighted by atomic mass is 10.1. The number of hydrogen-bond acceptors (Lipinski definition) is 3. The van der Waals surface area contributed by atoms with Crippen LogP contribution >= 0.6 is 0 Å². The summed E-state index contributed by atoms with van der Waals surface area (Å²) in [6, 6.07) is 10.9. The van der Waals surface area contributed by atoms with Gasteiger partial charge in [0.05, 0.1) is 6.04 Å². The third-order valence-electron chi connectivity index (χ3n) is 5.01. The van der Waals surface area contributed by atoms with Crippen LogP contribution in [0.4, 0.5) is 13.2 Å². The molecule has 8 heteroatoms. The number of nitrogens with one attached hydrogen (secondary N) is 1. The Hall–Kier alpha value is -2.35. The number of benzene rings is 1. The topological polar surface area (TPSA) is 50.2 Å². The molecule has 0 aliphatic carbocycles. The van der Waals surface area contributed by atoms with E-state index in [-0.39, 0.29) is 11.9 Å². The zero-order valence-corrected chi connectivity index (χ0v) is 15.9. The molecule has 28 heavy (non-hydrogen) atoms. The Morgan fingerprint density at radius 3 is 2.71 bits per heavy atom. The largest absolute Gasteiger partial charge is 0.435 e. The minimum Gasteiger partial charge on any atom is -0.355 e. The van der Waals surface area contributed by atoms with E-state index in [1.54, 1.807) is 6.92 Å². The lowest BCUT2D eigenvalue weighted by molar-refractivity contribution is -0.141. The van der Waals surface area contributed by atoms with Gasteiger partial charge in [0.2, 0.25) is 5.91 Å². The first-order chi connectivity index (χ1) is 13.3. The highest BCUT2D eigenvalue weighted by molar-refractivity contribution is 5.82. The normalized spacial score (nSPS) is 17.8. The van der Waals surface area contributed by atoms with E-state index >= 15 is 0 Å². The molecule has 1 atom stereocenters. The molecule has 152 valence electrons. The van der Waals surface area contributed by atoms with E-state index in [1.165, 1.54) is 10.2 Å². The van der Waals surface area contributed by atoms with Crippen LogP contribution in [0.25, 0.3) is 0 Å². The van der Waals surface area contributed by atoms with E-state index in [1.807, 2.05) is 18.2 Å². The van der Waals surface area contributed by atoms with Gasteiger partial charge in [-0.2, -0.15) is 18.3 Å². The van der Waals surface area contributed by atoms with Gasteiger partial charge in [0.25, 0.3) is 0 Å². The van der Waals surface area contributed by atoms with E-state index in [9.17, 15) is 18.0 Å². The highest BCUT2D eigenvalue weighted by Crippen LogP contribution is 2.28. The first kappa shape index (κ1) is 20.4. The summed E-state index contributed by atoms with van der Waals surface area (Å²) in [5.74, 6) is -0.0124. The molecule has 2 heterocycles. The summed E-state index contributed by atoms with van der Waals surface area (Å²) in [5.41, 5.74) is 0.761. The summed E-state index contributed by atoms with van der Waals surface area (Å²) >= 11 is 0. The van der Waals surface area contributed by atoms with Crippen LogP contribution in [-0.2, 0) is 24.1 Å². The van der Waals surface area contributed by atoms with Crippen LogP contribution in [0.15, 0.2) is 36.4 Å². The quantitative estimate of drug-likeness (QED) is 0.733. The summed E-state index contributed by atoms with van der Waals surface area (Å²) in [7, 11) is 0. The smallest absolute Gasteiger partial charge is 0.355 e. The van der Waals surface area contributed by atoms with Crippen molar-refractivity contribution in [1.29, 1.82) is 0 Å². The van der Waals surface area contributed by atoms with Crippen molar-refractivity contribution >= 4 is 5.91 Å². The monoisotopic (exact) mass is 394 g/mol. The Kier molecular flexibility index (Phi) is 6.39. The third kappa shape index (κ3) is 5.13. The number of aromatic nitrogens is 2. The predicted molar refractivity (Wildman–Crippen MR) is 99.5 cm³/mol. The van der Waals surface area contributed by atoms with Crippen molar-refractivity contribution in [3.05, 3.63) is 53.3 Å². The molecule has 0 radical (unpaired) electrons. The Morgan fingerprint density at radius 2 is 2.04 bits per heavy atom. The Morgan fingerprint density at radius 1 is 1.29 bits per heavy atom. The van der Waals surface area contributed by atoms with Gasteiger partial charge >= 0.3 is 6.18 Å². The molecule has 1 amide bonds. The van der Waals surface area contributed by atoms with Crippen LogP contribution in [-0.4, -0.2) is 39.7 Å². The van der Waals surface area contributed by atoms with E-state index in [0.717, 1.165) is 32.0 Å². The number of halogens is 3. The SMILES string of the molecule is Cc1cc(C(F)(F)F)nn1CCCNC(=O)C1CCCN1Cc1ccccc1. The van der Waals surface area contributed by atoms with Crippen molar-refractivity contribution < 1.29 is 18.0 Å². The summed E-state index contributed by atoms with van der Waals surface area (Å²) in [6.07, 6.45) is -2.10. The van der Waals surface area contributed by atoms with Crippen LogP contribution in [0.1, 0.15) is 36.2 Å². The number of carbonyl (C=O) groups excluding carboxylic acids is 1. The van der Waals surface area contributed by atoms with E-state index < -0.39 is 11.9 Å². The van der Waals surface area contributed by atoms with Crippen LogP contribution in [0, 0.1) is 6.92 Å². The zero-order chi connectivity index (χ0) is 20.1. The first-order valence-corrected chi connectivity index (χ1v) is 9.52. The zero-order valence-electron chi connectivity index (χ0n) is 15.9. The maximum Gasteiger partial charge on any atom is 0.435 e. The fourth-order valence-electron chi connectivity index (χ4n) is 3.56. The second kappa shape index (κ2) is 8.77. The molecule has 1 aromatic heterocycles. The average Bonchev–Trinajstić information content (AvgIpc) is 3.26. The number of amides is 1. The lowest BCUT2D eigenvalue weighted by Crippen LogP contribution is -2.43. The number of carbonyl (C=O) groups is 1. The van der Waals surface area contributed by atoms with Gasteiger partial charge in [0.15, 0.2) is 5.69 Å². The van der Waals surface area contributed by atoms with E-state index in [0.29, 0.717) is 25.2 Å². The first-order valence-electron chi connectivity index (χ1n) is 9.52. The van der Waals surface area contributed by atoms with Gasteiger partial charge in [-0.25, -0.2) is 0 Å². The van der Waals surface area contributed by atoms with Crippen molar-refractivity contribution in [1.82, 2.24) is 20.0 Å². The maximum absolute atomic E-state index is 12.7. The van der Waals surface area contributed by atoms with Gasteiger partial charge in [-0.15, -0.1) is 0 Å². The van der Waals surface area contributed by atoms with Crippen LogP contribution < -0.4 is 5.32 Å². The average molecular weight is 394 g/mol. The molecule has 1 aliphatic heterocycles. The standard InChI is InChI=1S/C20H25F3N4O/c1-15-13-18(20(21,22)23)25-27(15)12-6-10-24-19(28)17-9-5-11-26(17)14-16-7-3-2-4-8-16/h2-4,7-8,13,17H,5-6,9-12,14H2,1H3,(H,24,28). The highest BCUT2D eigenvalue weighted by atomic mass is 19.4. The molecule has 1 aromatic carbocycles. The number of alkyl halides is 3. The molecule has 1 aliphatic rings. The molecule has 0 spiro atoms. The number of aryl methyl sites for hydroxylation is 2. The molecule has 1 unspecified atom stereocenters. The predicted octanol–water partition coefficient (Wildman–Crippen LogP) is 3.38. The van der Waals surface area contributed by atoms with Crippen molar-refractivity contribution in [3.63, 3.8) is 0 Å². The van der Waals surface area contributed by atoms with Crippen molar-refractivity contribution in [3.8, 4) is 0 Å². The molecule has 0 bridgehead atoms. The number of nitrogens with zero attached hydrogens (tertiary/aromatic N) is 3. The molecular weight excluding hydrogens is 369 g/mol. The van der Waals surface area contributed by atoms with Crippen molar-refractivity contribution in [2.45, 2.75) is 51.5 Å². The molecule has 1 N–H and O–H groups in total. The molecule has 1 fully saturated rings. The molecule has 3 rings (SSSR count). The lowest BCUT2D eigenvalue weighted by Gasteiger charge is -2.23. The highest BCUT2D eigenvalue weighted by Gasteiger charge is 2.34. The van der Waals surface area contributed by atoms with Crippen molar-refractivity contribution in [2.24, 2.45) is 0 Å². The van der Waals surface area contributed by atoms with Gasteiger partial charge in [-0.05, 0) is 44.4 Å². The van der Waals surface area contributed by atoms with E-state index in [4.69, 9.17) is 0 Å². The van der Waals surface area contributed by atoms with E-state index in [2.05, 4.69) is 27.4 Å². The third-order valence-corrected chi connectivity index (χ3v) is 5.01. The minimum atomic E-state index is -4.44. The Labute approximate surface area is 162 Å². The number of likely N-dealkylation sites (tertiary alicyclic amines) is 1. The Bertz CT molecular complexity index is 788. The molecule has 0 saturated carbocycles. The number of rotatable bonds is 7. The van der Waals surface area contributed by atoms with Gasteiger partial charge in [-0.3, -0.25) is 14.4 Å². The van der Waals surface area contributed by atoms with Gasteiger partial charge in [0.1, 0.15) is 0 Å². The van der Waals surface area contributed by atoms with Gasteiger partial charge in [0, 0.05) is 25.3 Å². The molecule has 2 aromatic rings. The maximum atomic E-state index is 12.7. The summed E-state index contributed by atoms with van der Waals surface area (Å²) in [6.45, 7) is 3.97. The summed E-state index contributed by atoms with van der Waals surface area (Å²) < 4.78 is 39.5. The minimum absolute atomic E-state index is 0.0124. The fraction of sp³-hybridized carbons (Fsp3) is 0.500. The molecule has 5 nitrogen and oxygen atoms in total. The van der Waals surface area contributed by atoms with Crippen LogP contribution in [0.5, 0.6) is 0 Å². The number of hydrogen-bond donors (Lipinski definition) is 1. The van der Waals surface area contributed by atoms with Crippen molar-refractivity contribution in [2.75, 3.05) is 13.1 Å². The Balaban J connectivity index is 1.46. The van der Waals surface area contributed by atoms with Crippen LogP contribution in [0.3, 0.4) is 0 Å². The second-order valence-corrected chi connectivity index (χ2v) is 7.15. The molecule has 1 saturated heterocycles. The van der Waals surface area contributed by atoms with Crippen LogP contribution in [0.2, 0.25) is 0 Å². The van der Waals surface area contributed by atoms with Gasteiger partial charge in [-0.1, -0.05) is 30.3 Å². The van der Waals surface area contributed by atoms with Gasteiger partial charge < -0.3 is 5.32 Å². The summed E-state index contributed by atoms with van der Waals surface area (Å²) in [5, 5.41) is 6.53. The molecular formula is C20H25F3N4O. The fourth-order valence-corrected chi connectivity index (χ4v) is 3.56.